The molecule has 2 aliphatic rings. The van der Waals surface area contributed by atoms with Gasteiger partial charge in [0, 0.05) is 18.0 Å². The predicted molar refractivity (Wildman–Crippen MR) is 63.6 cm³/mol. The van der Waals surface area contributed by atoms with Gasteiger partial charge in [0.1, 0.15) is 5.60 Å². The van der Waals surface area contributed by atoms with Crippen LogP contribution < -0.4 is 0 Å². The zero-order valence-corrected chi connectivity index (χ0v) is 11.2. The number of carbonyl (C=O) groups is 1. The maximum atomic E-state index is 12.8. The lowest BCUT2D eigenvalue weighted by Gasteiger charge is -2.40. The molecule has 1 saturated heterocycles. The fourth-order valence-electron chi connectivity index (χ4n) is 2.67. The highest BCUT2D eigenvalue weighted by Crippen LogP contribution is 2.51. The number of nitrogens with zero attached hydrogens (tertiary/aromatic N) is 1. The van der Waals surface area contributed by atoms with Crippen molar-refractivity contribution in [1.29, 1.82) is 0 Å². The van der Waals surface area contributed by atoms with Crippen molar-refractivity contribution in [3.05, 3.63) is 0 Å². The molecule has 1 aliphatic carbocycles. The Labute approximate surface area is 106 Å². The van der Waals surface area contributed by atoms with Crippen molar-refractivity contribution < 1.29 is 18.3 Å². The third-order valence-corrected chi connectivity index (χ3v) is 3.74. The summed E-state index contributed by atoms with van der Waals surface area (Å²) in [6, 6.07) is 0. The minimum Gasteiger partial charge on any atom is -0.444 e. The van der Waals surface area contributed by atoms with Crippen LogP contribution in [0.2, 0.25) is 0 Å². The van der Waals surface area contributed by atoms with Crippen LogP contribution in [0.4, 0.5) is 13.6 Å². The quantitative estimate of drug-likeness (QED) is 0.723. The number of likely N-dealkylation sites (tertiary alicyclic amines) is 1. The summed E-state index contributed by atoms with van der Waals surface area (Å²) in [4.78, 5) is 13.7. The number of rotatable bonds is 1. The van der Waals surface area contributed by atoms with Crippen LogP contribution in [0.3, 0.4) is 0 Å². The molecular weight excluding hydrogens is 240 g/mol. The van der Waals surface area contributed by atoms with E-state index in [0.29, 0.717) is 19.4 Å². The minimum absolute atomic E-state index is 0.332. The third-order valence-electron chi connectivity index (χ3n) is 3.74. The van der Waals surface area contributed by atoms with Crippen molar-refractivity contribution in [2.24, 2.45) is 5.92 Å². The Bertz CT molecular complexity index is 334. The van der Waals surface area contributed by atoms with Crippen LogP contribution >= 0.6 is 0 Å². The van der Waals surface area contributed by atoms with E-state index >= 15 is 0 Å². The predicted octanol–water partition coefficient (Wildman–Crippen LogP) is 3.43. The van der Waals surface area contributed by atoms with E-state index in [1.807, 2.05) is 20.8 Å². The molecule has 18 heavy (non-hydrogen) atoms. The monoisotopic (exact) mass is 261 g/mol. The van der Waals surface area contributed by atoms with Crippen molar-refractivity contribution in [1.82, 2.24) is 4.90 Å². The molecule has 0 bridgehead atoms. The molecule has 0 radical (unpaired) electrons. The smallest absolute Gasteiger partial charge is 0.410 e. The molecule has 0 N–H and O–H groups in total. The maximum Gasteiger partial charge on any atom is 0.410 e. The Hall–Kier alpha value is -0.870. The number of carbonyl (C=O) groups excluding carboxylic acids is 1. The first-order valence-electron chi connectivity index (χ1n) is 6.52. The number of halogens is 2. The van der Waals surface area contributed by atoms with Gasteiger partial charge in [-0.3, -0.25) is 0 Å². The number of piperidine rings is 1. The van der Waals surface area contributed by atoms with Crippen LogP contribution in [-0.2, 0) is 4.74 Å². The van der Waals surface area contributed by atoms with Gasteiger partial charge in [-0.25, -0.2) is 13.6 Å². The Morgan fingerprint density at radius 3 is 2.44 bits per heavy atom. The molecular formula is C13H21F2NO2. The second-order valence-corrected chi connectivity index (χ2v) is 6.44. The first kappa shape index (κ1) is 13.6. The number of ether oxygens (including phenoxy) is 1. The van der Waals surface area contributed by atoms with Gasteiger partial charge < -0.3 is 9.64 Å². The van der Waals surface area contributed by atoms with Crippen LogP contribution in [0.5, 0.6) is 0 Å². The Morgan fingerprint density at radius 1 is 1.39 bits per heavy atom. The normalized spacial score (nSPS) is 26.6. The second kappa shape index (κ2) is 4.35. The molecule has 1 heterocycles. The van der Waals surface area contributed by atoms with Crippen LogP contribution in [-0.4, -0.2) is 35.1 Å². The first-order valence-corrected chi connectivity index (χ1v) is 6.52. The molecule has 2 fully saturated rings. The number of amides is 1. The molecule has 2 rings (SSSR count). The van der Waals surface area contributed by atoms with E-state index in [1.165, 1.54) is 0 Å². The Kier molecular flexibility index (Phi) is 3.28. The lowest BCUT2D eigenvalue weighted by Crippen LogP contribution is -2.50. The molecule has 1 saturated carbocycles. The standard InChI is InChI=1S/C13H21F2NO2/c1-12(2,3)18-11(17)16-7-4-9(10(14)15)8-13(16)5-6-13/h9-10H,4-8H2,1-3H3. The van der Waals surface area contributed by atoms with Gasteiger partial charge >= 0.3 is 6.09 Å². The molecule has 1 spiro atoms. The molecule has 3 nitrogen and oxygen atoms in total. The summed E-state index contributed by atoms with van der Waals surface area (Å²) in [6.07, 6.45) is -0.177. The van der Waals surface area contributed by atoms with Crippen LogP contribution in [0.15, 0.2) is 0 Å². The lowest BCUT2D eigenvalue weighted by atomic mass is 9.89. The van der Waals surface area contributed by atoms with Crippen molar-refractivity contribution in [2.45, 2.75) is 64.0 Å². The van der Waals surface area contributed by atoms with E-state index in [1.54, 1.807) is 4.90 Å². The van der Waals surface area contributed by atoms with Crippen molar-refractivity contribution in [3.63, 3.8) is 0 Å². The van der Waals surface area contributed by atoms with E-state index in [0.717, 1.165) is 12.8 Å². The zero-order valence-electron chi connectivity index (χ0n) is 11.2. The van der Waals surface area contributed by atoms with Gasteiger partial charge in [-0.2, -0.15) is 0 Å². The van der Waals surface area contributed by atoms with Crippen LogP contribution in [0.25, 0.3) is 0 Å². The molecule has 1 amide bonds. The first-order chi connectivity index (χ1) is 8.23. The van der Waals surface area contributed by atoms with Gasteiger partial charge in [0.25, 0.3) is 0 Å². The van der Waals surface area contributed by atoms with Crippen LogP contribution in [0, 0.1) is 5.92 Å². The summed E-state index contributed by atoms with van der Waals surface area (Å²) in [5.41, 5.74) is -0.867. The summed E-state index contributed by atoms with van der Waals surface area (Å²) >= 11 is 0. The molecule has 1 atom stereocenters. The average Bonchev–Trinajstić information content (AvgIpc) is 2.95. The Balaban J connectivity index is 2.01. The van der Waals surface area contributed by atoms with Gasteiger partial charge in [-0.05, 0) is 46.5 Å². The van der Waals surface area contributed by atoms with Crippen molar-refractivity contribution >= 4 is 6.09 Å². The Morgan fingerprint density at radius 2 is 2.00 bits per heavy atom. The van der Waals surface area contributed by atoms with Gasteiger partial charge in [-0.1, -0.05) is 0 Å². The van der Waals surface area contributed by atoms with Gasteiger partial charge in [0.2, 0.25) is 6.43 Å². The van der Waals surface area contributed by atoms with Gasteiger partial charge in [0.15, 0.2) is 0 Å². The van der Waals surface area contributed by atoms with Crippen LogP contribution in [0.1, 0.15) is 46.5 Å². The summed E-state index contributed by atoms with van der Waals surface area (Å²) in [5, 5.41) is 0. The number of alkyl halides is 2. The maximum absolute atomic E-state index is 12.8. The molecule has 5 heteroatoms. The summed E-state index contributed by atoms with van der Waals surface area (Å²) in [7, 11) is 0. The summed E-state index contributed by atoms with van der Waals surface area (Å²) in [6.45, 7) is 5.84. The number of hydrogen-bond acceptors (Lipinski definition) is 2. The lowest BCUT2D eigenvalue weighted by molar-refractivity contribution is -0.0230. The zero-order chi connectivity index (χ0) is 13.6. The second-order valence-electron chi connectivity index (χ2n) is 6.44. The third kappa shape index (κ3) is 2.75. The average molecular weight is 261 g/mol. The molecule has 0 aromatic heterocycles. The topological polar surface area (TPSA) is 29.5 Å². The SMILES string of the molecule is CC(C)(C)OC(=O)N1CCC(C(F)F)CC12CC2. The molecule has 0 aromatic carbocycles. The largest absolute Gasteiger partial charge is 0.444 e. The summed E-state index contributed by atoms with van der Waals surface area (Å²) < 4.78 is 30.9. The van der Waals surface area contributed by atoms with E-state index in [2.05, 4.69) is 0 Å². The van der Waals surface area contributed by atoms with E-state index < -0.39 is 17.9 Å². The van der Waals surface area contributed by atoms with E-state index in [-0.39, 0.29) is 11.6 Å². The minimum atomic E-state index is -2.27. The van der Waals surface area contributed by atoms with Gasteiger partial charge in [0.05, 0.1) is 0 Å². The van der Waals surface area contributed by atoms with Crippen molar-refractivity contribution in [2.75, 3.05) is 6.54 Å². The van der Waals surface area contributed by atoms with Crippen molar-refractivity contribution in [3.8, 4) is 0 Å². The van der Waals surface area contributed by atoms with Gasteiger partial charge in [-0.15, -0.1) is 0 Å². The van der Waals surface area contributed by atoms with E-state index in [9.17, 15) is 13.6 Å². The highest BCUT2D eigenvalue weighted by atomic mass is 19.3. The summed E-state index contributed by atoms with van der Waals surface area (Å²) in [5.74, 6) is -0.564. The fraction of sp³-hybridized carbons (Fsp3) is 0.923. The highest BCUT2D eigenvalue weighted by Gasteiger charge is 2.55. The molecule has 0 aromatic rings. The fourth-order valence-corrected chi connectivity index (χ4v) is 2.67. The highest BCUT2D eigenvalue weighted by molar-refractivity contribution is 5.70. The molecule has 104 valence electrons. The molecule has 1 unspecified atom stereocenters. The van der Waals surface area contributed by atoms with E-state index in [4.69, 9.17) is 4.74 Å². The number of hydrogen-bond donors (Lipinski definition) is 0. The molecule has 1 aliphatic heterocycles.